The van der Waals surface area contributed by atoms with Crippen LogP contribution in [0.4, 0.5) is 10.6 Å². The minimum Gasteiger partial charge on any atom is -0.465 e. The molecule has 1 amide bonds. The second-order valence-electron chi connectivity index (χ2n) is 4.19. The summed E-state index contributed by atoms with van der Waals surface area (Å²) < 4.78 is 0. The molecule has 7 nitrogen and oxygen atoms in total. The molecule has 0 radical (unpaired) electrons. The lowest BCUT2D eigenvalue weighted by Crippen LogP contribution is -2.33. The largest absolute Gasteiger partial charge is 0.465 e. The molecule has 0 saturated carbocycles. The van der Waals surface area contributed by atoms with Gasteiger partial charge in [-0.25, -0.2) is 9.78 Å². The standard InChI is InChI=1S/C13H14ClN5O2/c1-3-8-9(6-15)11(14)18-12(10(8)7-16)19(2)5-4-17-13(20)21/h17H,3-5H2,1-2H3,(H,20,21). The molecular formula is C13H14ClN5O2. The summed E-state index contributed by atoms with van der Waals surface area (Å²) in [4.78, 5) is 16.1. The lowest BCUT2D eigenvalue weighted by molar-refractivity contribution is 0.195. The maximum atomic E-state index is 10.4. The number of nitrogens with one attached hydrogen (secondary N) is 1. The highest BCUT2D eigenvalue weighted by Crippen LogP contribution is 2.28. The van der Waals surface area contributed by atoms with Crippen LogP contribution in [0.15, 0.2) is 0 Å². The van der Waals surface area contributed by atoms with Crippen molar-refractivity contribution in [2.75, 3.05) is 25.0 Å². The number of hydrogen-bond acceptors (Lipinski definition) is 5. The topological polar surface area (TPSA) is 113 Å². The van der Waals surface area contributed by atoms with Crippen LogP contribution in [0.2, 0.25) is 5.15 Å². The Morgan fingerprint density at radius 3 is 2.52 bits per heavy atom. The van der Waals surface area contributed by atoms with E-state index in [0.29, 0.717) is 24.3 Å². The van der Waals surface area contributed by atoms with E-state index < -0.39 is 6.09 Å². The van der Waals surface area contributed by atoms with Gasteiger partial charge >= 0.3 is 6.09 Å². The third kappa shape index (κ3) is 3.74. The van der Waals surface area contributed by atoms with Crippen molar-refractivity contribution in [1.82, 2.24) is 10.3 Å². The van der Waals surface area contributed by atoms with Gasteiger partial charge in [0, 0.05) is 20.1 Å². The van der Waals surface area contributed by atoms with Gasteiger partial charge in [-0.2, -0.15) is 10.5 Å². The Bertz CT molecular complexity index is 633. The van der Waals surface area contributed by atoms with Gasteiger partial charge in [0.25, 0.3) is 0 Å². The predicted octanol–water partition coefficient (Wildman–Crippen LogP) is 1.74. The first-order valence-electron chi connectivity index (χ1n) is 6.16. The first kappa shape index (κ1) is 16.5. The highest BCUT2D eigenvalue weighted by atomic mass is 35.5. The molecule has 1 aromatic heterocycles. The van der Waals surface area contributed by atoms with E-state index >= 15 is 0 Å². The van der Waals surface area contributed by atoms with Crippen molar-refractivity contribution in [3.63, 3.8) is 0 Å². The Kier molecular flexibility index (Phi) is 5.77. The molecule has 21 heavy (non-hydrogen) atoms. The van der Waals surface area contributed by atoms with Gasteiger partial charge in [-0.3, -0.25) is 0 Å². The number of amides is 1. The fourth-order valence-electron chi connectivity index (χ4n) is 1.89. The summed E-state index contributed by atoms with van der Waals surface area (Å²) in [5.41, 5.74) is 1.04. The zero-order valence-electron chi connectivity index (χ0n) is 11.6. The van der Waals surface area contributed by atoms with E-state index in [1.807, 2.05) is 19.1 Å². The van der Waals surface area contributed by atoms with Crippen LogP contribution in [0.25, 0.3) is 0 Å². The van der Waals surface area contributed by atoms with Gasteiger partial charge in [0.2, 0.25) is 0 Å². The molecule has 0 unspecified atom stereocenters. The second-order valence-corrected chi connectivity index (χ2v) is 4.54. The second kappa shape index (κ2) is 7.32. The minimum atomic E-state index is -1.12. The third-order valence-electron chi connectivity index (χ3n) is 2.90. The number of likely N-dealkylation sites (N-methyl/N-ethyl adjacent to an activating group) is 1. The average Bonchev–Trinajstić information content (AvgIpc) is 2.45. The number of hydrogen-bond donors (Lipinski definition) is 2. The van der Waals surface area contributed by atoms with Crippen molar-refractivity contribution in [1.29, 1.82) is 10.5 Å². The summed E-state index contributed by atoms with van der Waals surface area (Å²) in [5, 5.41) is 29.2. The Morgan fingerprint density at radius 1 is 1.43 bits per heavy atom. The Labute approximate surface area is 127 Å². The van der Waals surface area contributed by atoms with Crippen molar-refractivity contribution >= 4 is 23.5 Å². The number of carboxylic acid groups (broad SMARTS) is 1. The molecule has 0 atom stereocenters. The summed E-state index contributed by atoms with van der Waals surface area (Å²) in [6.45, 7) is 2.32. The van der Waals surface area contributed by atoms with E-state index in [0.717, 1.165) is 0 Å². The predicted molar refractivity (Wildman–Crippen MR) is 77.4 cm³/mol. The number of nitriles is 2. The average molecular weight is 308 g/mol. The van der Waals surface area contributed by atoms with E-state index in [4.69, 9.17) is 22.0 Å². The maximum Gasteiger partial charge on any atom is 0.404 e. The molecule has 1 rings (SSSR count). The number of aromatic nitrogens is 1. The Hall–Kier alpha value is -2.51. The molecule has 1 aromatic rings. The van der Waals surface area contributed by atoms with Gasteiger partial charge in [-0.1, -0.05) is 18.5 Å². The van der Waals surface area contributed by atoms with Crippen LogP contribution in [0.5, 0.6) is 0 Å². The number of nitrogens with zero attached hydrogens (tertiary/aromatic N) is 4. The fourth-order valence-corrected chi connectivity index (χ4v) is 2.12. The first-order chi connectivity index (χ1) is 9.96. The molecule has 2 N–H and O–H groups in total. The lowest BCUT2D eigenvalue weighted by Gasteiger charge is -2.21. The summed E-state index contributed by atoms with van der Waals surface area (Å²) in [7, 11) is 1.68. The third-order valence-corrected chi connectivity index (χ3v) is 3.17. The molecule has 0 aliphatic carbocycles. The molecule has 0 aromatic carbocycles. The maximum absolute atomic E-state index is 10.4. The zero-order chi connectivity index (χ0) is 16.0. The number of rotatable bonds is 5. The van der Waals surface area contributed by atoms with Gasteiger partial charge in [0.15, 0.2) is 0 Å². The molecule has 0 saturated heterocycles. The van der Waals surface area contributed by atoms with Crippen molar-refractivity contribution < 1.29 is 9.90 Å². The van der Waals surface area contributed by atoms with Crippen LogP contribution in [0, 0.1) is 22.7 Å². The van der Waals surface area contributed by atoms with Crippen LogP contribution in [0.3, 0.4) is 0 Å². The monoisotopic (exact) mass is 307 g/mol. The number of carbonyl (C=O) groups is 1. The molecular weight excluding hydrogens is 294 g/mol. The molecule has 0 fully saturated rings. The van der Waals surface area contributed by atoms with Gasteiger partial charge in [0.1, 0.15) is 23.1 Å². The normalized spacial score (nSPS) is 9.57. The highest BCUT2D eigenvalue weighted by Gasteiger charge is 2.20. The number of anilines is 1. The van der Waals surface area contributed by atoms with Crippen molar-refractivity contribution in [2.45, 2.75) is 13.3 Å². The van der Waals surface area contributed by atoms with Crippen LogP contribution >= 0.6 is 11.6 Å². The summed E-state index contributed by atoms with van der Waals surface area (Å²) in [5.74, 6) is 0.338. The summed E-state index contributed by atoms with van der Waals surface area (Å²) >= 11 is 5.99. The van der Waals surface area contributed by atoms with Gasteiger partial charge < -0.3 is 15.3 Å². The molecule has 0 bridgehead atoms. The van der Waals surface area contributed by atoms with E-state index in [2.05, 4.69) is 10.3 Å². The minimum absolute atomic E-state index is 0.0430. The van der Waals surface area contributed by atoms with Crippen LogP contribution in [0.1, 0.15) is 23.6 Å². The van der Waals surface area contributed by atoms with Crippen molar-refractivity contribution in [2.24, 2.45) is 0 Å². The van der Waals surface area contributed by atoms with Crippen LogP contribution < -0.4 is 10.2 Å². The molecule has 110 valence electrons. The van der Waals surface area contributed by atoms with E-state index in [1.54, 1.807) is 11.9 Å². The van der Waals surface area contributed by atoms with Gasteiger partial charge in [-0.05, 0) is 12.0 Å². The summed E-state index contributed by atoms with van der Waals surface area (Å²) in [6, 6.07) is 4.01. The Morgan fingerprint density at radius 2 is 2.05 bits per heavy atom. The molecule has 8 heteroatoms. The van der Waals surface area contributed by atoms with Crippen LogP contribution in [-0.4, -0.2) is 36.3 Å². The van der Waals surface area contributed by atoms with Gasteiger partial charge in [0.05, 0.1) is 11.1 Å². The smallest absolute Gasteiger partial charge is 0.404 e. The fraction of sp³-hybridized carbons (Fsp3) is 0.385. The summed E-state index contributed by atoms with van der Waals surface area (Å²) in [6.07, 6.45) is -0.647. The van der Waals surface area contributed by atoms with E-state index in [-0.39, 0.29) is 22.8 Å². The molecule has 0 aliphatic heterocycles. The molecule has 0 aliphatic rings. The zero-order valence-corrected chi connectivity index (χ0v) is 12.4. The molecule has 1 heterocycles. The van der Waals surface area contributed by atoms with Crippen LogP contribution in [-0.2, 0) is 6.42 Å². The molecule has 0 spiro atoms. The van der Waals surface area contributed by atoms with Crippen molar-refractivity contribution in [3.8, 4) is 12.1 Å². The Balaban J connectivity index is 3.19. The van der Waals surface area contributed by atoms with Gasteiger partial charge in [-0.15, -0.1) is 0 Å². The number of pyridine rings is 1. The van der Waals surface area contributed by atoms with E-state index in [9.17, 15) is 10.1 Å². The van der Waals surface area contributed by atoms with E-state index in [1.165, 1.54) is 0 Å². The highest BCUT2D eigenvalue weighted by molar-refractivity contribution is 6.30. The first-order valence-corrected chi connectivity index (χ1v) is 6.54. The quantitative estimate of drug-likeness (QED) is 0.801. The number of halogens is 1. The van der Waals surface area contributed by atoms with Crippen molar-refractivity contribution in [3.05, 3.63) is 21.8 Å². The lowest BCUT2D eigenvalue weighted by atomic mass is 10.0. The SMILES string of the molecule is CCc1c(C#N)c(Cl)nc(N(C)CCNC(=O)O)c1C#N.